The summed E-state index contributed by atoms with van der Waals surface area (Å²) in [5.74, 6) is 1.29. The van der Waals surface area contributed by atoms with Crippen LogP contribution in [0.5, 0.6) is 11.5 Å². The molecule has 0 spiro atoms. The average Bonchev–Trinajstić information content (AvgIpc) is 2.94. The number of hydrogen-bond donors (Lipinski definition) is 1. The molecule has 2 rings (SSSR count). The number of ether oxygens (including phenoxy) is 2. The number of aryl methyl sites for hydroxylation is 1. The molecule has 1 N–H and O–H groups in total. The van der Waals surface area contributed by atoms with Crippen LogP contribution in [0.2, 0.25) is 0 Å². The van der Waals surface area contributed by atoms with Gasteiger partial charge in [-0.2, -0.15) is 0 Å². The van der Waals surface area contributed by atoms with Gasteiger partial charge in [0.2, 0.25) is 10.0 Å². The summed E-state index contributed by atoms with van der Waals surface area (Å²) >= 11 is 1.26. The Kier molecular flexibility index (Phi) is 5.44. The smallest absolute Gasteiger partial charge is 0.250 e. The first-order chi connectivity index (χ1) is 10.5. The first-order valence-electron chi connectivity index (χ1n) is 6.73. The summed E-state index contributed by atoms with van der Waals surface area (Å²) in [4.78, 5) is 0.972. The summed E-state index contributed by atoms with van der Waals surface area (Å²) in [5.41, 5.74) is 0.975. The lowest BCUT2D eigenvalue weighted by atomic mass is 10.1. The second kappa shape index (κ2) is 7.13. The van der Waals surface area contributed by atoms with Gasteiger partial charge in [0.25, 0.3) is 0 Å². The Morgan fingerprint density at radius 3 is 2.41 bits per heavy atom. The van der Waals surface area contributed by atoms with Gasteiger partial charge in [-0.3, -0.25) is 0 Å². The number of rotatable bonds is 7. The van der Waals surface area contributed by atoms with Gasteiger partial charge in [0, 0.05) is 11.4 Å². The predicted molar refractivity (Wildman–Crippen MR) is 87.5 cm³/mol. The van der Waals surface area contributed by atoms with Gasteiger partial charge >= 0.3 is 0 Å². The summed E-state index contributed by atoms with van der Waals surface area (Å²) < 4.78 is 37.6. The van der Waals surface area contributed by atoms with E-state index in [2.05, 4.69) is 4.72 Å². The van der Waals surface area contributed by atoms with Crippen molar-refractivity contribution >= 4 is 21.4 Å². The van der Waals surface area contributed by atoms with Gasteiger partial charge in [0.05, 0.1) is 14.2 Å². The van der Waals surface area contributed by atoms with Crippen molar-refractivity contribution in [2.75, 3.05) is 20.8 Å². The molecule has 0 saturated heterocycles. The van der Waals surface area contributed by atoms with Crippen LogP contribution in [0.1, 0.15) is 10.4 Å². The van der Waals surface area contributed by atoms with Crippen LogP contribution < -0.4 is 14.2 Å². The minimum absolute atomic E-state index is 0.328. The van der Waals surface area contributed by atoms with Gasteiger partial charge in [-0.15, -0.1) is 11.3 Å². The van der Waals surface area contributed by atoms with E-state index in [9.17, 15) is 8.42 Å². The number of benzene rings is 1. The summed E-state index contributed by atoms with van der Waals surface area (Å²) in [6, 6.07) is 8.98. The molecule has 1 heterocycles. The monoisotopic (exact) mass is 341 g/mol. The maximum absolute atomic E-state index is 12.1. The quantitative estimate of drug-likeness (QED) is 0.841. The topological polar surface area (TPSA) is 64.6 Å². The van der Waals surface area contributed by atoms with Crippen molar-refractivity contribution in [3.8, 4) is 11.5 Å². The molecule has 0 fully saturated rings. The Balaban J connectivity index is 1.99. The molecule has 0 aliphatic heterocycles. The Morgan fingerprint density at radius 2 is 1.82 bits per heavy atom. The molecule has 120 valence electrons. The number of thiophene rings is 1. The highest BCUT2D eigenvalue weighted by molar-refractivity contribution is 7.91. The largest absolute Gasteiger partial charge is 0.493 e. The molecule has 1 aromatic carbocycles. The van der Waals surface area contributed by atoms with E-state index in [1.807, 2.05) is 25.1 Å². The highest BCUT2D eigenvalue weighted by atomic mass is 32.2. The second-order valence-electron chi connectivity index (χ2n) is 4.70. The van der Waals surface area contributed by atoms with Gasteiger partial charge in [0.1, 0.15) is 4.21 Å². The molecule has 1 aromatic heterocycles. The zero-order chi connectivity index (χ0) is 16.2. The Morgan fingerprint density at radius 1 is 1.09 bits per heavy atom. The maximum Gasteiger partial charge on any atom is 0.250 e. The average molecular weight is 341 g/mol. The highest BCUT2D eigenvalue weighted by Crippen LogP contribution is 2.27. The van der Waals surface area contributed by atoms with Gasteiger partial charge in [-0.25, -0.2) is 13.1 Å². The molecule has 2 aromatic rings. The van der Waals surface area contributed by atoms with E-state index in [1.165, 1.54) is 11.3 Å². The number of sulfonamides is 1. The van der Waals surface area contributed by atoms with E-state index >= 15 is 0 Å². The highest BCUT2D eigenvalue weighted by Gasteiger charge is 2.15. The van der Waals surface area contributed by atoms with E-state index in [0.29, 0.717) is 28.7 Å². The molecular weight excluding hydrogens is 322 g/mol. The Hall–Kier alpha value is -1.57. The standard InChI is InChI=1S/C15H19NO4S2/c1-11-4-7-15(21-11)22(17,18)16-9-8-12-5-6-13(19-2)14(10-12)20-3/h4-7,10,16H,8-9H2,1-3H3. The van der Waals surface area contributed by atoms with Gasteiger partial charge in [-0.05, 0) is 43.2 Å². The second-order valence-corrected chi connectivity index (χ2v) is 7.98. The Bertz CT molecular complexity index is 738. The normalized spacial score (nSPS) is 11.4. The fourth-order valence-electron chi connectivity index (χ4n) is 1.99. The van der Waals surface area contributed by atoms with Crippen LogP contribution >= 0.6 is 11.3 Å². The fraction of sp³-hybridized carbons (Fsp3) is 0.333. The minimum Gasteiger partial charge on any atom is -0.493 e. The third kappa shape index (κ3) is 4.00. The maximum atomic E-state index is 12.1. The van der Waals surface area contributed by atoms with E-state index in [0.717, 1.165) is 10.4 Å². The van der Waals surface area contributed by atoms with Gasteiger partial charge < -0.3 is 9.47 Å². The lowest BCUT2D eigenvalue weighted by Gasteiger charge is -2.10. The van der Waals surface area contributed by atoms with E-state index in [1.54, 1.807) is 26.4 Å². The molecule has 0 unspecified atom stereocenters. The molecular formula is C15H19NO4S2. The first-order valence-corrected chi connectivity index (χ1v) is 9.03. The number of methoxy groups -OCH3 is 2. The zero-order valence-electron chi connectivity index (χ0n) is 12.8. The third-order valence-electron chi connectivity index (χ3n) is 3.13. The molecule has 5 nitrogen and oxygen atoms in total. The summed E-state index contributed by atoms with van der Waals surface area (Å²) in [6.07, 6.45) is 0.573. The molecule has 0 amide bonds. The van der Waals surface area contributed by atoms with Crippen molar-refractivity contribution < 1.29 is 17.9 Å². The predicted octanol–water partition coefficient (Wildman–Crippen LogP) is 2.59. The molecule has 0 atom stereocenters. The third-order valence-corrected chi connectivity index (χ3v) is 6.09. The molecule has 0 radical (unpaired) electrons. The van der Waals surface area contributed by atoms with Crippen molar-refractivity contribution in [1.29, 1.82) is 0 Å². The lowest BCUT2D eigenvalue weighted by molar-refractivity contribution is 0.354. The van der Waals surface area contributed by atoms with Crippen molar-refractivity contribution in [2.45, 2.75) is 17.6 Å². The van der Waals surface area contributed by atoms with Crippen LogP contribution in [-0.4, -0.2) is 29.2 Å². The van der Waals surface area contributed by atoms with E-state index in [-0.39, 0.29) is 0 Å². The van der Waals surface area contributed by atoms with Crippen LogP contribution in [0.15, 0.2) is 34.5 Å². The number of hydrogen-bond acceptors (Lipinski definition) is 5. The van der Waals surface area contributed by atoms with Crippen molar-refractivity contribution in [3.05, 3.63) is 40.8 Å². The molecule has 22 heavy (non-hydrogen) atoms. The van der Waals surface area contributed by atoms with Gasteiger partial charge in [-0.1, -0.05) is 6.07 Å². The minimum atomic E-state index is -3.43. The van der Waals surface area contributed by atoms with Crippen LogP contribution in [0.3, 0.4) is 0 Å². The molecule has 0 aliphatic carbocycles. The van der Waals surface area contributed by atoms with E-state index < -0.39 is 10.0 Å². The van der Waals surface area contributed by atoms with Crippen LogP contribution in [0, 0.1) is 6.92 Å². The van der Waals surface area contributed by atoms with Crippen molar-refractivity contribution in [1.82, 2.24) is 4.72 Å². The van der Waals surface area contributed by atoms with Crippen LogP contribution in [-0.2, 0) is 16.4 Å². The summed E-state index contributed by atoms with van der Waals surface area (Å²) in [7, 11) is -0.275. The molecule has 0 bridgehead atoms. The Labute approximate surface area is 134 Å². The molecule has 7 heteroatoms. The molecule has 0 saturated carbocycles. The fourth-order valence-corrected chi connectivity index (χ4v) is 4.35. The number of nitrogens with one attached hydrogen (secondary N) is 1. The zero-order valence-corrected chi connectivity index (χ0v) is 14.4. The van der Waals surface area contributed by atoms with Crippen molar-refractivity contribution in [3.63, 3.8) is 0 Å². The summed E-state index contributed by atoms with van der Waals surface area (Å²) in [6.45, 7) is 2.21. The summed E-state index contributed by atoms with van der Waals surface area (Å²) in [5, 5.41) is 0. The van der Waals surface area contributed by atoms with Crippen LogP contribution in [0.25, 0.3) is 0 Å². The van der Waals surface area contributed by atoms with Crippen molar-refractivity contribution in [2.24, 2.45) is 0 Å². The first kappa shape index (κ1) is 16.8. The SMILES string of the molecule is COc1ccc(CCNS(=O)(=O)c2ccc(C)s2)cc1OC. The lowest BCUT2D eigenvalue weighted by Crippen LogP contribution is -2.25. The van der Waals surface area contributed by atoms with E-state index in [4.69, 9.17) is 9.47 Å². The van der Waals surface area contributed by atoms with Crippen LogP contribution in [0.4, 0.5) is 0 Å². The molecule has 0 aliphatic rings. The van der Waals surface area contributed by atoms with Gasteiger partial charge in [0.15, 0.2) is 11.5 Å².